The van der Waals surface area contributed by atoms with Gasteiger partial charge in [0.15, 0.2) is 0 Å². The molecule has 1 aliphatic rings. The molecule has 0 aromatic carbocycles. The summed E-state index contributed by atoms with van der Waals surface area (Å²) in [4.78, 5) is 0. The van der Waals surface area contributed by atoms with Gasteiger partial charge < -0.3 is 8.85 Å². The molecule has 1 saturated carbocycles. The molecule has 0 aliphatic heterocycles. The van der Waals surface area contributed by atoms with Crippen molar-refractivity contribution >= 4 is 9.28 Å². The summed E-state index contributed by atoms with van der Waals surface area (Å²) in [5.74, 6) is 1.80. The first-order valence-electron chi connectivity index (χ1n) is 6.03. The smallest absolute Gasteiger partial charge is 0.325 e. The second kappa shape index (κ2) is 5.88. The van der Waals surface area contributed by atoms with Crippen LogP contribution >= 0.6 is 0 Å². The third-order valence-electron chi connectivity index (χ3n) is 3.32. The van der Waals surface area contributed by atoms with Crippen LogP contribution in [0.3, 0.4) is 0 Å². The fourth-order valence-corrected chi connectivity index (χ4v) is 5.62. The van der Waals surface area contributed by atoms with Gasteiger partial charge in [0.05, 0.1) is 0 Å². The van der Waals surface area contributed by atoms with Crippen LogP contribution in [-0.2, 0) is 8.85 Å². The number of rotatable bonds is 7. The van der Waals surface area contributed by atoms with E-state index in [1.807, 2.05) is 0 Å². The van der Waals surface area contributed by atoms with Gasteiger partial charge in [0, 0.05) is 18.8 Å². The Morgan fingerprint density at radius 1 is 0.857 bits per heavy atom. The van der Waals surface area contributed by atoms with Crippen LogP contribution in [0.1, 0.15) is 40.5 Å². The van der Waals surface area contributed by atoms with Gasteiger partial charge in [0.2, 0.25) is 0 Å². The average molecular weight is 216 g/mol. The van der Waals surface area contributed by atoms with E-state index in [0.29, 0.717) is 0 Å². The molecule has 2 atom stereocenters. The van der Waals surface area contributed by atoms with E-state index in [0.717, 1.165) is 30.6 Å². The average Bonchev–Trinajstić information content (AvgIpc) is 2.90. The Kier molecular flexibility index (Phi) is 5.13. The summed E-state index contributed by atoms with van der Waals surface area (Å²) in [6.07, 6.45) is 2.60. The van der Waals surface area contributed by atoms with Crippen LogP contribution in [0.2, 0.25) is 5.54 Å². The van der Waals surface area contributed by atoms with E-state index in [9.17, 15) is 0 Å². The summed E-state index contributed by atoms with van der Waals surface area (Å²) in [6.45, 7) is 10.4. The Morgan fingerprint density at radius 2 is 1.29 bits per heavy atom. The lowest BCUT2D eigenvalue weighted by Crippen LogP contribution is -2.24. The van der Waals surface area contributed by atoms with Crippen molar-refractivity contribution in [2.75, 3.05) is 13.2 Å². The standard InChI is InChI=1S/C11H24O2Si/c1-5-9-10(6-2)11(9)14(12-7-3)13-8-4/h9-11,14H,5-8H2,1-4H3. The zero-order valence-corrected chi connectivity index (χ0v) is 11.1. The maximum Gasteiger partial charge on any atom is 0.325 e. The van der Waals surface area contributed by atoms with Crippen molar-refractivity contribution in [1.82, 2.24) is 0 Å². The van der Waals surface area contributed by atoms with E-state index in [1.54, 1.807) is 0 Å². The topological polar surface area (TPSA) is 18.5 Å². The van der Waals surface area contributed by atoms with Crippen LogP contribution in [0.5, 0.6) is 0 Å². The highest BCUT2D eigenvalue weighted by molar-refractivity contribution is 6.47. The minimum absolute atomic E-state index is 0.796. The van der Waals surface area contributed by atoms with E-state index in [4.69, 9.17) is 8.85 Å². The molecule has 0 saturated heterocycles. The van der Waals surface area contributed by atoms with Crippen LogP contribution in [0, 0.1) is 11.8 Å². The maximum atomic E-state index is 5.79. The molecular formula is C11H24O2Si. The van der Waals surface area contributed by atoms with Gasteiger partial charge in [-0.3, -0.25) is 0 Å². The van der Waals surface area contributed by atoms with Crippen molar-refractivity contribution < 1.29 is 8.85 Å². The molecule has 0 aromatic rings. The van der Waals surface area contributed by atoms with Crippen LogP contribution in [0.25, 0.3) is 0 Å². The third-order valence-corrected chi connectivity index (χ3v) is 6.26. The molecule has 2 unspecified atom stereocenters. The maximum absolute atomic E-state index is 5.79. The van der Waals surface area contributed by atoms with E-state index >= 15 is 0 Å². The molecule has 0 spiro atoms. The first-order valence-corrected chi connectivity index (χ1v) is 7.64. The summed E-state index contributed by atoms with van der Waals surface area (Å²) < 4.78 is 11.6. The molecule has 1 aliphatic carbocycles. The molecule has 0 N–H and O–H groups in total. The molecule has 3 heteroatoms. The quantitative estimate of drug-likeness (QED) is 0.609. The first-order chi connectivity index (χ1) is 6.79. The van der Waals surface area contributed by atoms with Gasteiger partial charge in [0.1, 0.15) is 0 Å². The minimum atomic E-state index is -1.35. The zero-order valence-electron chi connectivity index (χ0n) is 9.95. The summed E-state index contributed by atoms with van der Waals surface area (Å²) in [5.41, 5.74) is 0.796. The normalized spacial score (nSPS) is 31.1. The van der Waals surface area contributed by atoms with Gasteiger partial charge in [-0.15, -0.1) is 0 Å². The molecule has 2 nitrogen and oxygen atoms in total. The highest BCUT2D eigenvalue weighted by Gasteiger charge is 2.53. The Bertz CT molecular complexity index is 147. The van der Waals surface area contributed by atoms with Crippen molar-refractivity contribution in [3.8, 4) is 0 Å². The Labute approximate surface area is 89.8 Å². The predicted molar refractivity (Wildman–Crippen MR) is 61.7 cm³/mol. The molecular weight excluding hydrogens is 192 g/mol. The Morgan fingerprint density at radius 3 is 1.57 bits per heavy atom. The lowest BCUT2D eigenvalue weighted by molar-refractivity contribution is 0.209. The van der Waals surface area contributed by atoms with Crippen molar-refractivity contribution in [2.45, 2.75) is 46.1 Å². The SMILES string of the molecule is CCO[SiH](OCC)C1C(CC)C1CC. The fourth-order valence-electron chi connectivity index (χ4n) is 2.63. The summed E-state index contributed by atoms with van der Waals surface area (Å²) >= 11 is 0. The highest BCUT2D eigenvalue weighted by Crippen LogP contribution is 2.57. The van der Waals surface area contributed by atoms with Crippen LogP contribution in [-0.4, -0.2) is 22.5 Å². The highest BCUT2D eigenvalue weighted by atomic mass is 28.3. The lowest BCUT2D eigenvalue weighted by Gasteiger charge is -2.14. The van der Waals surface area contributed by atoms with Crippen molar-refractivity contribution in [3.05, 3.63) is 0 Å². The number of hydrogen-bond donors (Lipinski definition) is 0. The minimum Gasteiger partial charge on any atom is -0.397 e. The second-order valence-corrected chi connectivity index (χ2v) is 6.17. The molecule has 0 bridgehead atoms. The van der Waals surface area contributed by atoms with Crippen LogP contribution < -0.4 is 0 Å². The molecule has 0 amide bonds. The molecule has 0 aromatic heterocycles. The van der Waals surface area contributed by atoms with Gasteiger partial charge in [-0.1, -0.05) is 26.7 Å². The Hall–Kier alpha value is 0.137. The second-order valence-electron chi connectivity index (χ2n) is 4.00. The predicted octanol–water partition coefficient (Wildman–Crippen LogP) is 2.72. The first kappa shape index (κ1) is 12.2. The zero-order chi connectivity index (χ0) is 10.6. The fraction of sp³-hybridized carbons (Fsp3) is 1.00. The van der Waals surface area contributed by atoms with Crippen molar-refractivity contribution in [3.63, 3.8) is 0 Å². The molecule has 1 rings (SSSR count). The van der Waals surface area contributed by atoms with Gasteiger partial charge >= 0.3 is 9.28 Å². The van der Waals surface area contributed by atoms with Gasteiger partial charge in [-0.2, -0.15) is 0 Å². The van der Waals surface area contributed by atoms with E-state index in [2.05, 4.69) is 27.7 Å². The van der Waals surface area contributed by atoms with Crippen LogP contribution in [0.15, 0.2) is 0 Å². The van der Waals surface area contributed by atoms with Gasteiger partial charge in [0.25, 0.3) is 0 Å². The summed E-state index contributed by atoms with van der Waals surface area (Å²) in [6, 6.07) is 0. The van der Waals surface area contributed by atoms with Crippen molar-refractivity contribution in [2.24, 2.45) is 11.8 Å². The molecule has 14 heavy (non-hydrogen) atoms. The van der Waals surface area contributed by atoms with E-state index in [1.165, 1.54) is 12.8 Å². The summed E-state index contributed by atoms with van der Waals surface area (Å²) in [5, 5.41) is 0. The Balaban J connectivity index is 2.43. The largest absolute Gasteiger partial charge is 0.397 e. The van der Waals surface area contributed by atoms with E-state index in [-0.39, 0.29) is 0 Å². The van der Waals surface area contributed by atoms with Gasteiger partial charge in [-0.05, 0) is 25.7 Å². The molecule has 1 fully saturated rings. The van der Waals surface area contributed by atoms with E-state index < -0.39 is 9.28 Å². The monoisotopic (exact) mass is 216 g/mol. The molecule has 0 radical (unpaired) electrons. The molecule has 84 valence electrons. The third kappa shape index (κ3) is 2.58. The van der Waals surface area contributed by atoms with Crippen LogP contribution in [0.4, 0.5) is 0 Å². The lowest BCUT2D eigenvalue weighted by atomic mass is 10.2. The number of hydrogen-bond acceptors (Lipinski definition) is 2. The molecule has 0 heterocycles. The van der Waals surface area contributed by atoms with Crippen molar-refractivity contribution in [1.29, 1.82) is 0 Å². The van der Waals surface area contributed by atoms with Gasteiger partial charge in [-0.25, -0.2) is 0 Å². The summed E-state index contributed by atoms with van der Waals surface area (Å²) in [7, 11) is -1.35.